The second-order valence-corrected chi connectivity index (χ2v) is 9.46. The van der Waals surface area contributed by atoms with Gasteiger partial charge in [-0.2, -0.15) is 0 Å². The Morgan fingerprint density at radius 3 is 2.62 bits per heavy atom. The van der Waals surface area contributed by atoms with Crippen LogP contribution < -0.4 is 5.32 Å². The highest BCUT2D eigenvalue weighted by Gasteiger charge is 2.42. The molecule has 1 atom stereocenters. The minimum Gasteiger partial charge on any atom is -0.350 e. The van der Waals surface area contributed by atoms with Gasteiger partial charge in [-0.25, -0.2) is 4.39 Å². The van der Waals surface area contributed by atoms with Crippen molar-refractivity contribution < 1.29 is 10.6 Å². The molecule has 3 rings (SSSR count). The van der Waals surface area contributed by atoms with Gasteiger partial charge in [-0.15, -0.1) is 0 Å². The first-order chi connectivity index (χ1) is 12.2. The van der Waals surface area contributed by atoms with Crippen molar-refractivity contribution in [1.82, 2.24) is 10.2 Å². The lowest BCUT2D eigenvalue weighted by Crippen LogP contribution is -2.46. The van der Waals surface area contributed by atoms with Crippen molar-refractivity contribution in [3.63, 3.8) is 0 Å². The first kappa shape index (κ1) is 19.3. The molecule has 0 bridgehead atoms. The van der Waals surface area contributed by atoms with Crippen LogP contribution in [0.1, 0.15) is 78.4 Å². The monoisotopic (exact) mass is 362 g/mol. The van der Waals surface area contributed by atoms with Crippen LogP contribution in [-0.4, -0.2) is 30.4 Å². The number of likely N-dealkylation sites (tertiary alicyclic amines) is 1. The predicted molar refractivity (Wildman–Crippen MR) is 106 cm³/mol. The quantitative estimate of drug-likeness (QED) is 0.837. The number of hydrogen-bond acceptors (Lipinski definition) is 2. The third-order valence-electron chi connectivity index (χ3n) is 6.24. The molecule has 0 unspecified atom stereocenters. The van der Waals surface area contributed by atoms with E-state index in [1.807, 2.05) is 6.07 Å². The van der Waals surface area contributed by atoms with Crippen LogP contribution in [-0.2, 0) is 10.2 Å². The second kappa shape index (κ2) is 7.30. The molecule has 1 fully saturated rings. The molecule has 1 spiro atoms. The number of nitrogens with one attached hydrogen (secondary N) is 1. The lowest BCUT2D eigenvalue weighted by molar-refractivity contribution is -0.119. The number of nitrogens with zero attached hydrogens (tertiary/aromatic N) is 1. The fourth-order valence-electron chi connectivity index (χ4n) is 4.62. The maximum atomic E-state index is 14.1. The molecule has 26 heavy (non-hydrogen) atoms. The molecule has 1 aliphatic carbocycles. The largest absolute Gasteiger partial charge is 0.350 e. The number of carbonyl (C=O) groups excluding carboxylic acids is 1. The number of fused-ring (bicyclic) bond motifs is 2. The van der Waals surface area contributed by atoms with Crippen molar-refractivity contribution in [3.05, 3.63) is 35.1 Å². The van der Waals surface area contributed by atoms with E-state index in [2.05, 4.69) is 31.0 Å². The lowest BCUT2D eigenvalue weighted by atomic mass is 9.63. The number of hydrogen-bond donors (Lipinski definition) is 1. The molecule has 0 radical (unpaired) electrons. The van der Waals surface area contributed by atoms with E-state index >= 15 is 0 Å². The number of benzene rings is 1. The Bertz CT molecular complexity index is 663. The zero-order valence-electron chi connectivity index (χ0n) is 16.7. The zero-order valence-corrected chi connectivity index (χ0v) is 16.7. The summed E-state index contributed by atoms with van der Waals surface area (Å²) in [7, 11) is 0. The summed E-state index contributed by atoms with van der Waals surface area (Å²) in [5.41, 5.74) is 2.69. The Hall–Kier alpha value is -1.42. The number of piperidine rings is 1. The van der Waals surface area contributed by atoms with Crippen LogP contribution in [0.3, 0.4) is 0 Å². The molecule has 1 aromatic rings. The summed E-state index contributed by atoms with van der Waals surface area (Å²) in [6.45, 7) is 11.7. The Morgan fingerprint density at radius 1 is 1.31 bits per heavy atom. The van der Waals surface area contributed by atoms with E-state index < -0.39 is 0 Å². The minimum atomic E-state index is -0.165. The summed E-state index contributed by atoms with van der Waals surface area (Å²) in [5.74, 6) is -0.181. The van der Waals surface area contributed by atoms with Gasteiger partial charge < -0.3 is 10.2 Å². The Labute approximate surface area is 158 Å². The van der Waals surface area contributed by atoms with Gasteiger partial charge in [0.15, 0.2) is 0 Å². The van der Waals surface area contributed by atoms with Gasteiger partial charge in [0.25, 0.3) is 0 Å². The molecular weight excluding hydrogens is 327 g/mol. The maximum Gasteiger partial charge on any atom is 0.217 e. The average Bonchev–Trinajstić information content (AvgIpc) is 2.56. The van der Waals surface area contributed by atoms with E-state index in [1.165, 1.54) is 12.5 Å². The molecule has 0 saturated carbocycles. The minimum absolute atomic E-state index is 0. The lowest BCUT2D eigenvalue weighted by Gasteiger charge is -2.47. The van der Waals surface area contributed by atoms with Gasteiger partial charge in [0.05, 0.1) is 6.04 Å². The molecule has 1 aromatic carbocycles. The van der Waals surface area contributed by atoms with E-state index in [9.17, 15) is 9.18 Å². The van der Waals surface area contributed by atoms with Gasteiger partial charge in [0.1, 0.15) is 5.82 Å². The van der Waals surface area contributed by atoms with Crippen molar-refractivity contribution in [2.45, 2.75) is 71.3 Å². The van der Waals surface area contributed by atoms with Crippen molar-refractivity contribution in [3.8, 4) is 0 Å². The number of halogens is 1. The molecular formula is C22H35FN2O. The van der Waals surface area contributed by atoms with Crippen LogP contribution in [0.5, 0.6) is 0 Å². The summed E-state index contributed by atoms with van der Waals surface area (Å²) in [4.78, 5) is 14.1. The topological polar surface area (TPSA) is 32.3 Å². The maximum absolute atomic E-state index is 14.1. The standard InChI is InChI=1S/C22H33FN2O.H2/c1-16(26)24-20-7-8-22(19-15-17(23)5-6-18(19)20)10-13-25(14-11-22)12-9-21(2,3)4;/h5-6,15,20H,7-14H2,1-4H3,(H,24,26);1H/t20-;/m1./s1. The average molecular weight is 363 g/mol. The van der Waals surface area contributed by atoms with Crippen LogP contribution in [0, 0.1) is 11.2 Å². The molecule has 1 amide bonds. The molecule has 1 aliphatic heterocycles. The van der Waals surface area contributed by atoms with Crippen LogP contribution in [0.2, 0.25) is 0 Å². The summed E-state index contributed by atoms with van der Waals surface area (Å²) in [6, 6.07) is 5.17. The molecule has 1 saturated heterocycles. The van der Waals surface area contributed by atoms with Crippen LogP contribution in [0.4, 0.5) is 4.39 Å². The molecule has 4 heteroatoms. The summed E-state index contributed by atoms with van der Waals surface area (Å²) >= 11 is 0. The highest BCUT2D eigenvalue weighted by Crippen LogP contribution is 2.48. The smallest absolute Gasteiger partial charge is 0.217 e. The van der Waals surface area contributed by atoms with E-state index in [-0.39, 0.29) is 24.6 Å². The van der Waals surface area contributed by atoms with Gasteiger partial charge in [-0.3, -0.25) is 4.79 Å². The zero-order chi connectivity index (χ0) is 18.9. The van der Waals surface area contributed by atoms with Gasteiger partial charge in [0.2, 0.25) is 5.91 Å². The predicted octanol–water partition coefficient (Wildman–Crippen LogP) is 4.81. The Balaban J connectivity index is 0.00000261. The number of amides is 1. The fourth-order valence-corrected chi connectivity index (χ4v) is 4.62. The van der Waals surface area contributed by atoms with Crippen molar-refractivity contribution in [2.24, 2.45) is 5.41 Å². The van der Waals surface area contributed by atoms with Crippen molar-refractivity contribution in [1.29, 1.82) is 0 Å². The summed E-state index contributed by atoms with van der Waals surface area (Å²) in [6.07, 6.45) is 5.35. The highest BCUT2D eigenvalue weighted by atomic mass is 19.1. The number of carbonyl (C=O) groups is 1. The Morgan fingerprint density at radius 2 is 2.00 bits per heavy atom. The first-order valence-corrected chi connectivity index (χ1v) is 9.98. The van der Waals surface area contributed by atoms with Crippen molar-refractivity contribution in [2.75, 3.05) is 19.6 Å². The van der Waals surface area contributed by atoms with E-state index in [0.29, 0.717) is 5.41 Å². The second-order valence-electron chi connectivity index (χ2n) is 9.46. The number of rotatable bonds is 3. The van der Waals surface area contributed by atoms with E-state index in [1.54, 1.807) is 13.0 Å². The normalized spacial score (nSPS) is 22.9. The van der Waals surface area contributed by atoms with Crippen LogP contribution in [0.15, 0.2) is 18.2 Å². The SMILES string of the molecule is CC(=O)N[C@@H]1CCC2(CCN(CCC(C)(C)C)CC2)c2cc(F)ccc21.[HH]. The summed E-state index contributed by atoms with van der Waals surface area (Å²) in [5, 5.41) is 3.05. The summed E-state index contributed by atoms with van der Waals surface area (Å²) < 4.78 is 14.1. The van der Waals surface area contributed by atoms with E-state index in [0.717, 1.165) is 56.4 Å². The molecule has 2 aliphatic rings. The van der Waals surface area contributed by atoms with Crippen LogP contribution in [0.25, 0.3) is 0 Å². The van der Waals surface area contributed by atoms with Gasteiger partial charge in [-0.1, -0.05) is 26.8 Å². The Kier molecular flexibility index (Phi) is 5.43. The molecule has 0 aromatic heterocycles. The highest BCUT2D eigenvalue weighted by molar-refractivity contribution is 5.73. The molecule has 1 N–H and O–H groups in total. The first-order valence-electron chi connectivity index (χ1n) is 9.98. The van der Waals surface area contributed by atoms with E-state index in [4.69, 9.17) is 0 Å². The van der Waals surface area contributed by atoms with Gasteiger partial charge >= 0.3 is 0 Å². The third-order valence-corrected chi connectivity index (χ3v) is 6.24. The third kappa shape index (κ3) is 4.28. The molecule has 146 valence electrons. The van der Waals surface area contributed by atoms with Gasteiger partial charge in [0, 0.05) is 8.35 Å². The molecule has 1 heterocycles. The van der Waals surface area contributed by atoms with Crippen LogP contribution >= 0.6 is 0 Å². The van der Waals surface area contributed by atoms with Gasteiger partial charge in [-0.05, 0) is 85.8 Å². The molecule has 3 nitrogen and oxygen atoms in total. The van der Waals surface area contributed by atoms with Crippen molar-refractivity contribution >= 4 is 5.91 Å². The fraction of sp³-hybridized carbons (Fsp3) is 0.682.